The van der Waals surface area contributed by atoms with Gasteiger partial charge in [0.25, 0.3) is 0 Å². The van der Waals surface area contributed by atoms with Crippen molar-refractivity contribution in [3.05, 3.63) is 42.0 Å². The molecule has 0 bridgehead atoms. The molecule has 1 unspecified atom stereocenters. The van der Waals surface area contributed by atoms with Crippen LogP contribution in [0.25, 0.3) is 0 Å². The summed E-state index contributed by atoms with van der Waals surface area (Å²) in [5, 5.41) is 0. The molecule has 0 saturated carbocycles. The van der Waals surface area contributed by atoms with Gasteiger partial charge in [0.2, 0.25) is 0 Å². The van der Waals surface area contributed by atoms with Crippen LogP contribution >= 0.6 is 0 Å². The minimum atomic E-state index is -0.239. The molecule has 1 rings (SSSR count). The van der Waals surface area contributed by atoms with Crippen molar-refractivity contribution in [2.45, 2.75) is 52.2 Å². The predicted molar refractivity (Wildman–Crippen MR) is 77.9 cm³/mol. The van der Waals surface area contributed by atoms with E-state index in [9.17, 15) is 0 Å². The molecule has 0 spiro atoms. The van der Waals surface area contributed by atoms with Gasteiger partial charge in [-0.15, -0.1) is 6.58 Å². The summed E-state index contributed by atoms with van der Waals surface area (Å²) in [6.45, 7) is 12.4. The van der Waals surface area contributed by atoms with Crippen LogP contribution in [-0.2, 0) is 11.8 Å². The molecule has 0 aliphatic rings. The molecule has 2 heteroatoms. The Balaban J connectivity index is 3.12. The Morgan fingerprint density at radius 3 is 2.56 bits per heavy atom. The summed E-state index contributed by atoms with van der Waals surface area (Å²) in [4.78, 5) is 0. The second-order valence-corrected chi connectivity index (χ2v) is 5.64. The molecule has 0 aliphatic carbocycles. The number of hydrogen-bond acceptors (Lipinski definition) is 2. The van der Waals surface area contributed by atoms with Crippen molar-refractivity contribution in [1.29, 1.82) is 0 Å². The Kier molecular flexibility index (Phi) is 4.97. The van der Waals surface area contributed by atoms with Crippen LogP contribution in [0.3, 0.4) is 0 Å². The first-order valence-corrected chi connectivity index (χ1v) is 6.55. The van der Waals surface area contributed by atoms with E-state index >= 15 is 0 Å². The molecule has 100 valence electrons. The number of nitrogens with two attached hydrogens (primary N) is 1. The van der Waals surface area contributed by atoms with E-state index in [0.29, 0.717) is 0 Å². The van der Waals surface area contributed by atoms with Gasteiger partial charge in [-0.25, -0.2) is 0 Å². The van der Waals surface area contributed by atoms with Crippen molar-refractivity contribution in [3.63, 3.8) is 0 Å². The number of hydrogen-bond donors (Lipinski definition) is 1. The van der Waals surface area contributed by atoms with Crippen LogP contribution in [0.1, 0.15) is 45.2 Å². The van der Waals surface area contributed by atoms with E-state index in [1.54, 1.807) is 0 Å². The lowest BCUT2D eigenvalue weighted by Gasteiger charge is -2.25. The van der Waals surface area contributed by atoms with Crippen molar-refractivity contribution in [2.24, 2.45) is 5.73 Å². The van der Waals surface area contributed by atoms with Gasteiger partial charge in [0.15, 0.2) is 0 Å². The first-order chi connectivity index (χ1) is 8.38. The van der Waals surface area contributed by atoms with Gasteiger partial charge in [-0.1, -0.05) is 45.9 Å². The van der Waals surface area contributed by atoms with Crippen LogP contribution in [0.5, 0.6) is 5.75 Å². The van der Waals surface area contributed by atoms with Gasteiger partial charge in [0.1, 0.15) is 12.0 Å². The van der Waals surface area contributed by atoms with E-state index in [-0.39, 0.29) is 11.6 Å². The third-order valence-corrected chi connectivity index (χ3v) is 2.91. The van der Waals surface area contributed by atoms with Crippen LogP contribution in [0.2, 0.25) is 0 Å². The summed E-state index contributed by atoms with van der Waals surface area (Å²) in [5.41, 5.74) is 8.37. The zero-order valence-corrected chi connectivity index (χ0v) is 12.0. The highest BCUT2D eigenvalue weighted by molar-refractivity contribution is 5.42. The maximum Gasteiger partial charge on any atom is 0.147 e. The standard InChI is InChI=1S/C16H25NO/c1-6-8-12-9-10-14(18-15(17)7-2)13(11-12)16(3,4)5/h6,9-11,15H,1,7-8,17H2,2-5H3. The fourth-order valence-electron chi connectivity index (χ4n) is 1.81. The number of rotatable bonds is 5. The Morgan fingerprint density at radius 2 is 2.06 bits per heavy atom. The Morgan fingerprint density at radius 1 is 1.39 bits per heavy atom. The van der Waals surface area contributed by atoms with Crippen LogP contribution in [0.15, 0.2) is 30.9 Å². The zero-order valence-electron chi connectivity index (χ0n) is 12.0. The Labute approximate surface area is 111 Å². The van der Waals surface area contributed by atoms with E-state index in [4.69, 9.17) is 10.5 Å². The first-order valence-electron chi connectivity index (χ1n) is 6.55. The molecule has 0 aromatic heterocycles. The number of benzene rings is 1. The molecule has 0 radical (unpaired) electrons. The van der Waals surface area contributed by atoms with Crippen LogP contribution < -0.4 is 10.5 Å². The predicted octanol–water partition coefficient (Wildman–Crippen LogP) is 3.79. The highest BCUT2D eigenvalue weighted by Crippen LogP contribution is 2.32. The quantitative estimate of drug-likeness (QED) is 0.634. The van der Waals surface area contributed by atoms with Gasteiger partial charge in [0.05, 0.1) is 0 Å². The van der Waals surface area contributed by atoms with Crippen molar-refractivity contribution in [1.82, 2.24) is 0 Å². The lowest BCUT2D eigenvalue weighted by Crippen LogP contribution is -2.27. The third kappa shape index (κ3) is 3.88. The van der Waals surface area contributed by atoms with E-state index in [2.05, 4.69) is 39.5 Å². The van der Waals surface area contributed by atoms with E-state index in [1.807, 2.05) is 19.1 Å². The molecule has 1 atom stereocenters. The Hall–Kier alpha value is -1.28. The molecule has 2 nitrogen and oxygen atoms in total. The van der Waals surface area contributed by atoms with Crippen LogP contribution in [-0.4, -0.2) is 6.23 Å². The molecule has 0 amide bonds. The van der Waals surface area contributed by atoms with Gasteiger partial charge >= 0.3 is 0 Å². The maximum atomic E-state index is 5.88. The summed E-state index contributed by atoms with van der Waals surface area (Å²) >= 11 is 0. The molecule has 0 saturated heterocycles. The summed E-state index contributed by atoms with van der Waals surface area (Å²) < 4.78 is 5.81. The molecule has 1 aromatic carbocycles. The second kappa shape index (κ2) is 6.05. The monoisotopic (exact) mass is 247 g/mol. The zero-order chi connectivity index (χ0) is 13.8. The van der Waals surface area contributed by atoms with Crippen molar-refractivity contribution in [3.8, 4) is 5.75 Å². The van der Waals surface area contributed by atoms with E-state index in [0.717, 1.165) is 18.6 Å². The van der Waals surface area contributed by atoms with Crippen LogP contribution in [0.4, 0.5) is 0 Å². The van der Waals surface area contributed by atoms with Crippen molar-refractivity contribution in [2.75, 3.05) is 0 Å². The average Bonchev–Trinajstić information content (AvgIpc) is 2.30. The smallest absolute Gasteiger partial charge is 0.147 e. The molecule has 0 heterocycles. The number of allylic oxidation sites excluding steroid dienone is 1. The van der Waals surface area contributed by atoms with Gasteiger partial charge in [-0.05, 0) is 35.4 Å². The molecular formula is C16H25NO. The van der Waals surface area contributed by atoms with Gasteiger partial charge in [0, 0.05) is 0 Å². The Bertz CT molecular complexity index is 404. The molecule has 2 N–H and O–H groups in total. The number of ether oxygens (including phenoxy) is 1. The average molecular weight is 247 g/mol. The highest BCUT2D eigenvalue weighted by Gasteiger charge is 2.20. The van der Waals surface area contributed by atoms with Crippen molar-refractivity contribution >= 4 is 0 Å². The minimum absolute atomic E-state index is 0.0416. The third-order valence-electron chi connectivity index (χ3n) is 2.91. The molecule has 1 aromatic rings. The summed E-state index contributed by atoms with van der Waals surface area (Å²) in [6.07, 6.45) is 3.36. The highest BCUT2D eigenvalue weighted by atomic mass is 16.5. The fraction of sp³-hybridized carbons (Fsp3) is 0.500. The second-order valence-electron chi connectivity index (χ2n) is 5.64. The van der Waals surface area contributed by atoms with Crippen LogP contribution in [0, 0.1) is 0 Å². The summed E-state index contributed by atoms with van der Waals surface area (Å²) in [5.74, 6) is 0.893. The van der Waals surface area contributed by atoms with Crippen molar-refractivity contribution < 1.29 is 4.74 Å². The topological polar surface area (TPSA) is 35.2 Å². The van der Waals surface area contributed by atoms with Gasteiger partial charge in [-0.2, -0.15) is 0 Å². The lowest BCUT2D eigenvalue weighted by atomic mass is 9.85. The summed E-state index contributed by atoms with van der Waals surface area (Å²) in [7, 11) is 0. The lowest BCUT2D eigenvalue weighted by molar-refractivity contribution is 0.200. The molecule has 0 fully saturated rings. The van der Waals surface area contributed by atoms with Gasteiger partial charge < -0.3 is 4.74 Å². The summed E-state index contributed by atoms with van der Waals surface area (Å²) in [6, 6.07) is 6.29. The minimum Gasteiger partial charge on any atom is -0.475 e. The normalized spacial score (nSPS) is 13.2. The molecule has 0 aliphatic heterocycles. The van der Waals surface area contributed by atoms with Gasteiger partial charge in [-0.3, -0.25) is 5.73 Å². The fourth-order valence-corrected chi connectivity index (χ4v) is 1.81. The molecular weight excluding hydrogens is 222 g/mol. The molecule has 18 heavy (non-hydrogen) atoms. The maximum absolute atomic E-state index is 5.88. The van der Waals surface area contributed by atoms with E-state index in [1.165, 1.54) is 11.1 Å². The largest absolute Gasteiger partial charge is 0.475 e. The first kappa shape index (κ1) is 14.8. The SMILES string of the molecule is C=CCc1ccc(OC(N)CC)c(C(C)(C)C)c1. The van der Waals surface area contributed by atoms with E-state index < -0.39 is 0 Å².